The largest absolute Gasteiger partial charge is 0.444 e. The number of rotatable bonds is 4. The Morgan fingerprint density at radius 3 is 2.61 bits per heavy atom. The molecule has 0 aliphatic carbocycles. The van der Waals surface area contributed by atoms with Crippen LogP contribution in [0.3, 0.4) is 0 Å². The first kappa shape index (κ1) is 17.8. The standard InChI is InChI=1S/C17H30N4O2/c1-6-20-13-18-11-14(20)12-19-17(5)7-9-21(10-8-17)15(22)23-16(2,3)4/h11,13,19H,6-10,12H2,1-5H3. The molecule has 0 radical (unpaired) electrons. The molecule has 6 nitrogen and oxygen atoms in total. The van der Waals surface area contributed by atoms with Crippen LogP contribution in [0.1, 0.15) is 53.2 Å². The van der Waals surface area contributed by atoms with Gasteiger partial charge in [-0.15, -0.1) is 0 Å². The lowest BCUT2D eigenvalue weighted by Gasteiger charge is -2.40. The van der Waals surface area contributed by atoms with E-state index in [9.17, 15) is 4.79 Å². The molecule has 2 heterocycles. The summed E-state index contributed by atoms with van der Waals surface area (Å²) in [5.74, 6) is 0. The molecule has 1 aromatic heterocycles. The van der Waals surface area contributed by atoms with E-state index < -0.39 is 5.60 Å². The van der Waals surface area contributed by atoms with Crippen molar-refractivity contribution in [3.63, 3.8) is 0 Å². The minimum Gasteiger partial charge on any atom is -0.444 e. The molecule has 130 valence electrons. The lowest BCUT2D eigenvalue weighted by Crippen LogP contribution is -2.53. The van der Waals surface area contributed by atoms with E-state index in [1.165, 1.54) is 5.69 Å². The van der Waals surface area contributed by atoms with Crippen molar-refractivity contribution < 1.29 is 9.53 Å². The Balaban J connectivity index is 1.84. The summed E-state index contributed by atoms with van der Waals surface area (Å²) in [5, 5.41) is 3.64. The molecule has 1 aliphatic heterocycles. The fourth-order valence-corrected chi connectivity index (χ4v) is 2.77. The molecule has 23 heavy (non-hydrogen) atoms. The van der Waals surface area contributed by atoms with E-state index in [1.807, 2.05) is 38.2 Å². The van der Waals surface area contributed by atoms with Gasteiger partial charge in [0.2, 0.25) is 0 Å². The first-order valence-corrected chi connectivity index (χ1v) is 8.44. The molecule has 1 fully saturated rings. The summed E-state index contributed by atoms with van der Waals surface area (Å²) in [7, 11) is 0. The van der Waals surface area contributed by atoms with E-state index in [2.05, 4.69) is 28.7 Å². The van der Waals surface area contributed by atoms with Crippen LogP contribution in [0.15, 0.2) is 12.5 Å². The van der Waals surface area contributed by atoms with Crippen molar-refractivity contribution in [1.29, 1.82) is 0 Å². The van der Waals surface area contributed by atoms with Gasteiger partial charge in [-0.25, -0.2) is 9.78 Å². The smallest absolute Gasteiger partial charge is 0.410 e. The average molecular weight is 322 g/mol. The Labute approximate surface area is 139 Å². The highest BCUT2D eigenvalue weighted by molar-refractivity contribution is 5.68. The number of likely N-dealkylation sites (tertiary alicyclic amines) is 1. The van der Waals surface area contributed by atoms with Crippen LogP contribution in [0, 0.1) is 0 Å². The molecular formula is C17H30N4O2. The van der Waals surface area contributed by atoms with Crippen LogP contribution in [0.2, 0.25) is 0 Å². The summed E-state index contributed by atoms with van der Waals surface area (Å²) < 4.78 is 7.59. The molecule has 1 saturated heterocycles. The van der Waals surface area contributed by atoms with Crippen molar-refractivity contribution in [2.24, 2.45) is 0 Å². The van der Waals surface area contributed by atoms with Crippen molar-refractivity contribution in [3.8, 4) is 0 Å². The van der Waals surface area contributed by atoms with Gasteiger partial charge in [0.05, 0.1) is 12.0 Å². The fraction of sp³-hybridized carbons (Fsp3) is 0.765. The molecule has 0 spiro atoms. The third-order valence-electron chi connectivity index (χ3n) is 4.35. The number of hydrogen-bond donors (Lipinski definition) is 1. The monoisotopic (exact) mass is 322 g/mol. The first-order chi connectivity index (χ1) is 10.7. The third kappa shape index (κ3) is 4.96. The number of carbonyl (C=O) groups is 1. The summed E-state index contributed by atoms with van der Waals surface area (Å²) >= 11 is 0. The third-order valence-corrected chi connectivity index (χ3v) is 4.35. The highest BCUT2D eigenvalue weighted by Gasteiger charge is 2.33. The summed E-state index contributed by atoms with van der Waals surface area (Å²) in [6.07, 6.45) is 5.42. The molecule has 1 N–H and O–H groups in total. The lowest BCUT2D eigenvalue weighted by molar-refractivity contribution is 0.0156. The summed E-state index contributed by atoms with van der Waals surface area (Å²) in [6, 6.07) is 0. The van der Waals surface area contributed by atoms with Crippen LogP contribution in [0.4, 0.5) is 4.79 Å². The summed E-state index contributed by atoms with van der Waals surface area (Å²) in [4.78, 5) is 18.1. The molecule has 0 saturated carbocycles. The maximum atomic E-state index is 12.1. The summed E-state index contributed by atoms with van der Waals surface area (Å²) in [5.41, 5.74) is 0.805. The molecule has 6 heteroatoms. The fourth-order valence-electron chi connectivity index (χ4n) is 2.77. The van der Waals surface area contributed by atoms with Gasteiger partial charge in [0, 0.05) is 37.9 Å². The maximum absolute atomic E-state index is 12.1. The lowest BCUT2D eigenvalue weighted by atomic mass is 9.89. The van der Waals surface area contributed by atoms with Crippen LogP contribution in [-0.4, -0.2) is 44.8 Å². The minimum absolute atomic E-state index is 0.0430. The van der Waals surface area contributed by atoms with E-state index >= 15 is 0 Å². The van der Waals surface area contributed by atoms with Gasteiger partial charge in [-0.2, -0.15) is 0 Å². The van der Waals surface area contributed by atoms with E-state index in [4.69, 9.17) is 4.74 Å². The SMILES string of the molecule is CCn1cncc1CNC1(C)CCN(C(=O)OC(C)(C)C)CC1. The number of nitrogens with zero attached hydrogens (tertiary/aromatic N) is 3. The van der Waals surface area contributed by atoms with Crippen LogP contribution in [-0.2, 0) is 17.8 Å². The second-order valence-corrected chi connectivity index (χ2v) is 7.55. The Morgan fingerprint density at radius 1 is 1.39 bits per heavy atom. The van der Waals surface area contributed by atoms with Crippen molar-refractivity contribution in [2.45, 2.75) is 71.7 Å². The van der Waals surface area contributed by atoms with Gasteiger partial charge >= 0.3 is 6.09 Å². The number of imidazole rings is 1. The number of hydrogen-bond acceptors (Lipinski definition) is 4. The number of carbonyl (C=O) groups excluding carboxylic acids is 1. The Morgan fingerprint density at radius 2 is 2.04 bits per heavy atom. The van der Waals surface area contributed by atoms with Crippen LogP contribution in [0.5, 0.6) is 0 Å². The number of aryl methyl sites for hydroxylation is 1. The first-order valence-electron chi connectivity index (χ1n) is 8.44. The van der Waals surface area contributed by atoms with Gasteiger partial charge in [-0.1, -0.05) is 0 Å². The van der Waals surface area contributed by atoms with Crippen molar-refractivity contribution in [1.82, 2.24) is 19.8 Å². The minimum atomic E-state index is -0.436. The second kappa shape index (κ2) is 6.91. The molecule has 0 aromatic carbocycles. The molecule has 1 aromatic rings. The van der Waals surface area contributed by atoms with Crippen molar-refractivity contribution in [2.75, 3.05) is 13.1 Å². The van der Waals surface area contributed by atoms with Gasteiger partial charge in [0.25, 0.3) is 0 Å². The van der Waals surface area contributed by atoms with Gasteiger partial charge in [0.15, 0.2) is 0 Å². The molecular weight excluding hydrogens is 292 g/mol. The van der Waals surface area contributed by atoms with Crippen LogP contribution in [0.25, 0.3) is 0 Å². The zero-order valence-corrected chi connectivity index (χ0v) is 15.1. The Hall–Kier alpha value is -1.56. The zero-order chi connectivity index (χ0) is 17.1. The second-order valence-electron chi connectivity index (χ2n) is 7.55. The van der Waals surface area contributed by atoms with E-state index in [0.29, 0.717) is 0 Å². The maximum Gasteiger partial charge on any atom is 0.410 e. The quantitative estimate of drug-likeness (QED) is 0.926. The van der Waals surface area contributed by atoms with Crippen LogP contribution >= 0.6 is 0 Å². The summed E-state index contributed by atoms with van der Waals surface area (Å²) in [6.45, 7) is 13.2. The number of aromatic nitrogens is 2. The molecule has 1 aliphatic rings. The van der Waals surface area contributed by atoms with E-state index in [-0.39, 0.29) is 11.6 Å². The van der Waals surface area contributed by atoms with E-state index in [0.717, 1.165) is 39.0 Å². The zero-order valence-electron chi connectivity index (χ0n) is 15.1. The molecule has 2 rings (SSSR count). The predicted molar refractivity (Wildman–Crippen MR) is 90.2 cm³/mol. The van der Waals surface area contributed by atoms with Crippen molar-refractivity contribution in [3.05, 3.63) is 18.2 Å². The van der Waals surface area contributed by atoms with Crippen molar-refractivity contribution >= 4 is 6.09 Å². The Bertz CT molecular complexity index is 525. The molecule has 0 bridgehead atoms. The molecule has 0 unspecified atom stereocenters. The van der Waals surface area contributed by atoms with Gasteiger partial charge in [-0.3, -0.25) is 0 Å². The van der Waals surface area contributed by atoms with E-state index in [1.54, 1.807) is 0 Å². The number of ether oxygens (including phenoxy) is 1. The molecule has 1 amide bonds. The highest BCUT2D eigenvalue weighted by atomic mass is 16.6. The Kier molecular flexibility index (Phi) is 5.34. The van der Waals surface area contributed by atoms with Gasteiger partial charge in [0.1, 0.15) is 5.60 Å². The predicted octanol–water partition coefficient (Wildman–Crippen LogP) is 2.78. The number of amides is 1. The van der Waals surface area contributed by atoms with Gasteiger partial charge < -0.3 is 19.5 Å². The number of nitrogens with one attached hydrogen (secondary N) is 1. The van der Waals surface area contributed by atoms with Gasteiger partial charge in [-0.05, 0) is 47.5 Å². The normalized spacial score (nSPS) is 18.0. The molecule has 0 atom stereocenters. The van der Waals surface area contributed by atoms with Crippen LogP contribution < -0.4 is 5.32 Å². The number of piperidine rings is 1. The average Bonchev–Trinajstić information content (AvgIpc) is 2.91. The highest BCUT2D eigenvalue weighted by Crippen LogP contribution is 2.23. The topological polar surface area (TPSA) is 59.4 Å².